The predicted molar refractivity (Wildman–Crippen MR) is 71.0 cm³/mol. The minimum absolute atomic E-state index is 0.472. The van der Waals surface area contributed by atoms with Gasteiger partial charge >= 0.3 is 0 Å². The largest absolute Gasteiger partial charge is 0.351 e. The minimum atomic E-state index is 0.472. The van der Waals surface area contributed by atoms with Gasteiger partial charge in [-0.15, -0.1) is 0 Å². The van der Waals surface area contributed by atoms with E-state index in [2.05, 4.69) is 33.8 Å². The summed E-state index contributed by atoms with van der Waals surface area (Å²) in [5.41, 5.74) is 0. The summed E-state index contributed by atoms with van der Waals surface area (Å²) in [7, 11) is 0. The van der Waals surface area contributed by atoms with Crippen molar-refractivity contribution in [3.63, 3.8) is 0 Å². The molecule has 0 amide bonds. The molecule has 2 aromatic rings. The maximum atomic E-state index is 6.08. The monoisotopic (exact) mass is 265 g/mol. The van der Waals surface area contributed by atoms with Gasteiger partial charge in [0, 0.05) is 18.2 Å². The second kappa shape index (κ2) is 4.39. The van der Waals surface area contributed by atoms with E-state index in [9.17, 15) is 0 Å². The van der Waals surface area contributed by atoms with Crippen molar-refractivity contribution < 1.29 is 0 Å². The zero-order valence-corrected chi connectivity index (χ0v) is 11.3. The van der Waals surface area contributed by atoms with E-state index in [4.69, 9.17) is 11.6 Å². The van der Waals surface area contributed by atoms with Crippen molar-refractivity contribution in [1.29, 1.82) is 0 Å². The van der Waals surface area contributed by atoms with Crippen molar-refractivity contribution in [3.05, 3.63) is 17.5 Å². The van der Waals surface area contributed by atoms with Crippen LogP contribution in [0.3, 0.4) is 0 Å². The second-order valence-corrected chi connectivity index (χ2v) is 5.19. The smallest absolute Gasteiger partial charge is 0.255 e. The Hall–Kier alpha value is -1.36. The van der Waals surface area contributed by atoms with Crippen LogP contribution in [-0.4, -0.2) is 31.7 Å². The molecular weight excluding hydrogens is 250 g/mol. The zero-order chi connectivity index (χ0) is 12.7. The Labute approximate surface area is 111 Å². The topological polar surface area (TPSA) is 46.3 Å². The van der Waals surface area contributed by atoms with Crippen LogP contribution >= 0.6 is 11.6 Å². The van der Waals surface area contributed by atoms with E-state index in [0.29, 0.717) is 23.0 Å². The summed E-state index contributed by atoms with van der Waals surface area (Å²) >= 11 is 6.08. The third-order valence-corrected chi connectivity index (χ3v) is 3.92. The number of anilines is 1. The van der Waals surface area contributed by atoms with Gasteiger partial charge in [0.15, 0.2) is 0 Å². The Balaban J connectivity index is 2.15. The molecule has 2 unspecified atom stereocenters. The van der Waals surface area contributed by atoms with Gasteiger partial charge in [0.25, 0.3) is 5.78 Å². The average Bonchev–Trinajstić information content (AvgIpc) is 2.94. The van der Waals surface area contributed by atoms with E-state index < -0.39 is 0 Å². The van der Waals surface area contributed by atoms with Crippen LogP contribution in [0.1, 0.15) is 33.1 Å². The predicted octanol–water partition coefficient (Wildman–Crippen LogP) is 2.55. The van der Waals surface area contributed by atoms with E-state index in [1.165, 1.54) is 19.2 Å². The molecule has 2 aromatic heterocycles. The molecule has 1 aliphatic heterocycles. The number of aromatic nitrogens is 4. The van der Waals surface area contributed by atoms with Crippen LogP contribution < -0.4 is 4.90 Å². The lowest BCUT2D eigenvalue weighted by Gasteiger charge is -2.30. The molecule has 0 spiro atoms. The van der Waals surface area contributed by atoms with Gasteiger partial charge in [-0.05, 0) is 26.2 Å². The molecule has 1 aliphatic rings. The Morgan fingerprint density at radius 3 is 3.06 bits per heavy atom. The molecule has 96 valence electrons. The van der Waals surface area contributed by atoms with Crippen LogP contribution in [0.25, 0.3) is 5.78 Å². The summed E-state index contributed by atoms with van der Waals surface area (Å²) in [6.45, 7) is 4.46. The van der Waals surface area contributed by atoms with Gasteiger partial charge in [0.1, 0.15) is 17.3 Å². The number of hydrogen-bond acceptors (Lipinski definition) is 4. The van der Waals surface area contributed by atoms with Crippen molar-refractivity contribution in [1.82, 2.24) is 19.6 Å². The lowest BCUT2D eigenvalue weighted by atomic mass is 10.1. The summed E-state index contributed by atoms with van der Waals surface area (Å²) in [5, 5.41) is 4.72. The number of hydrogen-bond donors (Lipinski definition) is 0. The molecule has 0 N–H and O–H groups in total. The van der Waals surface area contributed by atoms with Crippen LogP contribution in [0, 0.1) is 0 Å². The Kier molecular flexibility index (Phi) is 2.86. The van der Waals surface area contributed by atoms with Crippen molar-refractivity contribution in [2.45, 2.75) is 45.2 Å². The van der Waals surface area contributed by atoms with E-state index in [1.54, 1.807) is 4.52 Å². The molecule has 2 atom stereocenters. The lowest BCUT2D eigenvalue weighted by Crippen LogP contribution is -2.35. The quantitative estimate of drug-likeness (QED) is 0.783. The zero-order valence-electron chi connectivity index (χ0n) is 10.5. The summed E-state index contributed by atoms with van der Waals surface area (Å²) in [4.78, 5) is 10.7. The first-order valence-corrected chi connectivity index (χ1v) is 6.73. The molecule has 0 saturated carbocycles. The van der Waals surface area contributed by atoms with Crippen molar-refractivity contribution >= 4 is 23.2 Å². The van der Waals surface area contributed by atoms with Crippen molar-refractivity contribution in [3.8, 4) is 0 Å². The summed E-state index contributed by atoms with van der Waals surface area (Å²) in [6, 6.07) is 2.93. The maximum Gasteiger partial charge on any atom is 0.255 e. The van der Waals surface area contributed by atoms with Gasteiger partial charge in [0.05, 0.1) is 0 Å². The van der Waals surface area contributed by atoms with Crippen molar-refractivity contribution in [2.75, 3.05) is 4.90 Å². The molecule has 0 radical (unpaired) electrons. The fourth-order valence-corrected chi connectivity index (χ4v) is 3.01. The van der Waals surface area contributed by atoms with Gasteiger partial charge in [-0.25, -0.2) is 0 Å². The summed E-state index contributed by atoms with van der Waals surface area (Å²) in [6.07, 6.45) is 5.06. The number of halogens is 1. The van der Waals surface area contributed by atoms with E-state index in [1.807, 2.05) is 6.07 Å². The lowest BCUT2D eigenvalue weighted by molar-refractivity contribution is 0.612. The molecule has 5 nitrogen and oxygen atoms in total. The van der Waals surface area contributed by atoms with Gasteiger partial charge < -0.3 is 4.90 Å². The van der Waals surface area contributed by atoms with Gasteiger partial charge in [-0.3, -0.25) is 0 Å². The highest BCUT2D eigenvalue weighted by Crippen LogP contribution is 2.32. The van der Waals surface area contributed by atoms with Crippen LogP contribution in [0.2, 0.25) is 5.15 Å². The first kappa shape index (κ1) is 11.7. The molecular formula is C12H16ClN5. The highest BCUT2D eigenvalue weighted by molar-refractivity contribution is 6.29. The summed E-state index contributed by atoms with van der Waals surface area (Å²) in [5.74, 6) is 1.56. The Morgan fingerprint density at radius 2 is 2.28 bits per heavy atom. The highest BCUT2D eigenvalue weighted by Gasteiger charge is 2.31. The number of rotatable bonds is 2. The number of fused-ring (bicyclic) bond motifs is 1. The van der Waals surface area contributed by atoms with Gasteiger partial charge in [-0.1, -0.05) is 18.5 Å². The van der Waals surface area contributed by atoms with E-state index >= 15 is 0 Å². The highest BCUT2D eigenvalue weighted by atomic mass is 35.5. The van der Waals surface area contributed by atoms with Crippen LogP contribution in [0.4, 0.5) is 5.82 Å². The fourth-order valence-electron chi connectivity index (χ4n) is 2.84. The first-order valence-electron chi connectivity index (χ1n) is 6.35. The summed E-state index contributed by atoms with van der Waals surface area (Å²) < 4.78 is 1.77. The van der Waals surface area contributed by atoms with Crippen LogP contribution in [0.5, 0.6) is 0 Å². The third kappa shape index (κ3) is 1.73. The molecule has 18 heavy (non-hydrogen) atoms. The number of nitrogens with zero attached hydrogens (tertiary/aromatic N) is 5. The molecule has 3 heterocycles. The third-order valence-electron chi connectivity index (χ3n) is 3.72. The molecule has 6 heteroatoms. The molecule has 0 aromatic carbocycles. The van der Waals surface area contributed by atoms with Crippen LogP contribution in [-0.2, 0) is 0 Å². The molecule has 1 fully saturated rings. The SMILES string of the molecule is CCC1CCC(C)N1c1cc(Cl)nc2ncnn12. The van der Waals surface area contributed by atoms with Gasteiger partial charge in [0.2, 0.25) is 0 Å². The van der Waals surface area contributed by atoms with E-state index in [0.717, 1.165) is 12.2 Å². The first-order chi connectivity index (χ1) is 8.70. The van der Waals surface area contributed by atoms with Crippen molar-refractivity contribution in [2.24, 2.45) is 0 Å². The molecule has 1 saturated heterocycles. The Morgan fingerprint density at radius 1 is 1.44 bits per heavy atom. The molecule has 0 bridgehead atoms. The normalized spacial score (nSPS) is 24.1. The average molecular weight is 266 g/mol. The fraction of sp³-hybridized carbons (Fsp3) is 0.583. The minimum Gasteiger partial charge on any atom is -0.351 e. The van der Waals surface area contributed by atoms with E-state index in [-0.39, 0.29) is 0 Å². The second-order valence-electron chi connectivity index (χ2n) is 4.80. The Bertz CT molecular complexity index is 567. The van der Waals surface area contributed by atoms with Crippen LogP contribution in [0.15, 0.2) is 12.4 Å². The standard InChI is InChI=1S/C12H16ClN5/c1-3-9-5-4-8(2)17(9)11-6-10(13)16-12-14-7-15-18(11)12/h6-9H,3-5H2,1-2H3. The molecule has 0 aliphatic carbocycles. The maximum absolute atomic E-state index is 6.08. The molecule has 3 rings (SSSR count). The van der Waals surface area contributed by atoms with Gasteiger partial charge in [-0.2, -0.15) is 19.6 Å².